The quantitative estimate of drug-likeness (QED) is 0.802. The summed E-state index contributed by atoms with van der Waals surface area (Å²) in [5.41, 5.74) is 1.12. The fourth-order valence-corrected chi connectivity index (χ4v) is 1.77. The number of hydrogen-bond donors (Lipinski definition) is 1. The Morgan fingerprint density at radius 2 is 2.06 bits per heavy atom. The molecule has 0 spiro atoms. The molecule has 0 aliphatic heterocycles. The fourth-order valence-electron chi connectivity index (χ4n) is 1.77. The molecule has 1 rings (SSSR count). The van der Waals surface area contributed by atoms with Crippen molar-refractivity contribution < 1.29 is 0 Å². The number of nitrogens with zero attached hydrogens (tertiary/aromatic N) is 2. The van der Waals surface area contributed by atoms with Gasteiger partial charge >= 0.3 is 0 Å². The van der Waals surface area contributed by atoms with E-state index in [4.69, 9.17) is 0 Å². The fraction of sp³-hybridized carbons (Fsp3) is 0.692. The molecular formula is C13H23N3. The summed E-state index contributed by atoms with van der Waals surface area (Å²) < 4.78 is 0. The molecule has 0 fully saturated rings. The van der Waals surface area contributed by atoms with Gasteiger partial charge in [-0.25, -0.2) is 9.97 Å². The maximum absolute atomic E-state index is 4.50. The lowest BCUT2D eigenvalue weighted by atomic mass is 10.0. The van der Waals surface area contributed by atoms with Gasteiger partial charge in [-0.2, -0.15) is 0 Å². The lowest BCUT2D eigenvalue weighted by Crippen LogP contribution is -2.22. The van der Waals surface area contributed by atoms with Crippen LogP contribution in [0.1, 0.15) is 51.2 Å². The second-order valence-corrected chi connectivity index (χ2v) is 4.61. The van der Waals surface area contributed by atoms with Crippen LogP contribution in [-0.4, -0.2) is 16.5 Å². The van der Waals surface area contributed by atoms with Crippen LogP contribution < -0.4 is 5.32 Å². The molecule has 1 aromatic rings. The Labute approximate surface area is 98.7 Å². The summed E-state index contributed by atoms with van der Waals surface area (Å²) in [4.78, 5) is 8.64. The minimum atomic E-state index is 0.370. The van der Waals surface area contributed by atoms with Crippen LogP contribution in [-0.2, 0) is 0 Å². The average Bonchev–Trinajstić information content (AvgIpc) is 2.24. The Hall–Kier alpha value is -0.960. The average molecular weight is 221 g/mol. The first-order valence-corrected chi connectivity index (χ1v) is 6.16. The van der Waals surface area contributed by atoms with E-state index in [0.29, 0.717) is 6.04 Å². The van der Waals surface area contributed by atoms with Gasteiger partial charge in [0.15, 0.2) is 0 Å². The Balaban J connectivity index is 2.68. The first-order valence-electron chi connectivity index (χ1n) is 6.16. The number of aromatic nitrogens is 2. The smallest absolute Gasteiger partial charge is 0.125 e. The van der Waals surface area contributed by atoms with E-state index in [2.05, 4.69) is 36.1 Å². The Kier molecular flexibility index (Phi) is 5.39. The summed E-state index contributed by atoms with van der Waals surface area (Å²) in [5.74, 6) is 1.59. The maximum atomic E-state index is 4.50. The van der Waals surface area contributed by atoms with E-state index in [9.17, 15) is 0 Å². The van der Waals surface area contributed by atoms with Crippen LogP contribution in [0.4, 0.5) is 0 Å². The van der Waals surface area contributed by atoms with E-state index < -0.39 is 0 Å². The highest BCUT2D eigenvalue weighted by atomic mass is 15.0. The van der Waals surface area contributed by atoms with Crippen molar-refractivity contribution in [1.82, 2.24) is 15.3 Å². The van der Waals surface area contributed by atoms with Crippen molar-refractivity contribution >= 4 is 0 Å². The van der Waals surface area contributed by atoms with Gasteiger partial charge in [0.2, 0.25) is 0 Å². The van der Waals surface area contributed by atoms with Crippen molar-refractivity contribution in [2.75, 3.05) is 6.54 Å². The lowest BCUT2D eigenvalue weighted by Gasteiger charge is -2.18. The zero-order valence-electron chi connectivity index (χ0n) is 10.8. The predicted octanol–water partition coefficient (Wildman–Crippen LogP) is 2.87. The molecule has 0 amide bonds. The van der Waals surface area contributed by atoms with E-state index in [1.54, 1.807) is 0 Å². The van der Waals surface area contributed by atoms with E-state index in [1.807, 2.05) is 19.2 Å². The highest BCUT2D eigenvalue weighted by Gasteiger charge is 2.12. The Morgan fingerprint density at radius 1 is 1.31 bits per heavy atom. The van der Waals surface area contributed by atoms with Gasteiger partial charge in [-0.1, -0.05) is 20.8 Å². The van der Waals surface area contributed by atoms with E-state index >= 15 is 0 Å². The van der Waals surface area contributed by atoms with Gasteiger partial charge < -0.3 is 5.32 Å². The molecule has 16 heavy (non-hydrogen) atoms. The molecule has 1 unspecified atom stereocenters. The summed E-state index contributed by atoms with van der Waals surface area (Å²) in [6.45, 7) is 9.57. The van der Waals surface area contributed by atoms with Gasteiger partial charge in [-0.05, 0) is 38.3 Å². The highest BCUT2D eigenvalue weighted by molar-refractivity contribution is 5.07. The molecule has 1 aromatic heterocycles. The van der Waals surface area contributed by atoms with Crippen molar-refractivity contribution in [1.29, 1.82) is 0 Å². The predicted molar refractivity (Wildman–Crippen MR) is 67.3 cm³/mol. The minimum Gasteiger partial charge on any atom is -0.309 e. The van der Waals surface area contributed by atoms with Crippen LogP contribution >= 0.6 is 0 Å². The SMILES string of the molecule is CCNC(CCC(C)C)c1ccnc(C)n1. The molecule has 0 saturated heterocycles. The van der Waals surface area contributed by atoms with E-state index in [-0.39, 0.29) is 0 Å². The van der Waals surface area contributed by atoms with Crippen molar-refractivity contribution in [2.45, 2.75) is 46.6 Å². The summed E-state index contributed by atoms with van der Waals surface area (Å²) in [6, 6.07) is 2.38. The second-order valence-electron chi connectivity index (χ2n) is 4.61. The van der Waals surface area contributed by atoms with Crippen molar-refractivity contribution in [3.63, 3.8) is 0 Å². The molecule has 0 radical (unpaired) electrons. The monoisotopic (exact) mass is 221 g/mol. The van der Waals surface area contributed by atoms with Gasteiger partial charge in [-0.3, -0.25) is 0 Å². The third-order valence-corrected chi connectivity index (χ3v) is 2.64. The first kappa shape index (κ1) is 13.1. The molecule has 0 aromatic carbocycles. The van der Waals surface area contributed by atoms with Crippen LogP contribution in [0.3, 0.4) is 0 Å². The Morgan fingerprint density at radius 3 is 2.62 bits per heavy atom. The molecule has 1 heterocycles. The van der Waals surface area contributed by atoms with E-state index in [1.165, 1.54) is 6.42 Å². The number of nitrogens with one attached hydrogen (secondary N) is 1. The number of aryl methyl sites for hydroxylation is 1. The van der Waals surface area contributed by atoms with Crippen LogP contribution in [0.25, 0.3) is 0 Å². The van der Waals surface area contributed by atoms with Crippen molar-refractivity contribution in [3.8, 4) is 0 Å². The normalized spacial score (nSPS) is 13.1. The Bertz CT molecular complexity index is 310. The van der Waals surface area contributed by atoms with Gasteiger partial charge in [0.1, 0.15) is 5.82 Å². The molecule has 1 atom stereocenters. The van der Waals surface area contributed by atoms with Crippen LogP contribution in [0.15, 0.2) is 12.3 Å². The topological polar surface area (TPSA) is 37.8 Å². The molecule has 3 heteroatoms. The highest BCUT2D eigenvalue weighted by Crippen LogP contribution is 2.18. The second kappa shape index (κ2) is 6.59. The molecule has 90 valence electrons. The summed E-state index contributed by atoms with van der Waals surface area (Å²) in [5, 5.41) is 3.49. The molecule has 3 nitrogen and oxygen atoms in total. The van der Waals surface area contributed by atoms with Gasteiger partial charge in [0.05, 0.1) is 5.69 Å². The zero-order chi connectivity index (χ0) is 12.0. The zero-order valence-corrected chi connectivity index (χ0v) is 10.8. The number of hydrogen-bond acceptors (Lipinski definition) is 3. The first-order chi connectivity index (χ1) is 7.63. The van der Waals surface area contributed by atoms with Gasteiger partial charge in [0.25, 0.3) is 0 Å². The molecule has 0 aliphatic carbocycles. The third kappa shape index (κ3) is 4.27. The number of rotatable bonds is 6. The molecule has 0 aliphatic rings. The van der Waals surface area contributed by atoms with Crippen molar-refractivity contribution in [2.24, 2.45) is 5.92 Å². The lowest BCUT2D eigenvalue weighted by molar-refractivity contribution is 0.440. The molecular weight excluding hydrogens is 198 g/mol. The largest absolute Gasteiger partial charge is 0.309 e. The molecule has 1 N–H and O–H groups in total. The summed E-state index contributed by atoms with van der Waals surface area (Å²) in [7, 11) is 0. The summed E-state index contributed by atoms with van der Waals surface area (Å²) >= 11 is 0. The van der Waals surface area contributed by atoms with E-state index in [0.717, 1.165) is 30.4 Å². The van der Waals surface area contributed by atoms with Gasteiger partial charge in [0, 0.05) is 12.2 Å². The minimum absolute atomic E-state index is 0.370. The van der Waals surface area contributed by atoms with Gasteiger partial charge in [-0.15, -0.1) is 0 Å². The maximum Gasteiger partial charge on any atom is 0.125 e. The van der Waals surface area contributed by atoms with Crippen LogP contribution in [0.2, 0.25) is 0 Å². The van der Waals surface area contributed by atoms with Crippen LogP contribution in [0, 0.1) is 12.8 Å². The summed E-state index contributed by atoms with van der Waals surface area (Å²) in [6.07, 6.45) is 4.21. The van der Waals surface area contributed by atoms with Crippen LogP contribution in [0.5, 0.6) is 0 Å². The standard InChI is InChI=1S/C13H23N3/c1-5-14-12(7-6-10(2)3)13-8-9-15-11(4)16-13/h8-10,12,14H,5-7H2,1-4H3. The molecule has 0 saturated carbocycles. The van der Waals surface area contributed by atoms with Crippen molar-refractivity contribution in [3.05, 3.63) is 23.8 Å². The molecule has 0 bridgehead atoms. The third-order valence-electron chi connectivity index (χ3n) is 2.64.